The zero-order valence-corrected chi connectivity index (χ0v) is 8.98. The number of nitrogens with zero attached hydrogens (tertiary/aromatic N) is 1. The lowest BCUT2D eigenvalue weighted by Gasteiger charge is -2.12. The first-order valence-electron chi connectivity index (χ1n) is 5.74. The summed E-state index contributed by atoms with van der Waals surface area (Å²) in [5.74, 6) is 0. The quantitative estimate of drug-likeness (QED) is 0.807. The van der Waals surface area contributed by atoms with Gasteiger partial charge < -0.3 is 9.88 Å². The van der Waals surface area contributed by atoms with E-state index in [1.165, 1.54) is 25.7 Å². The van der Waals surface area contributed by atoms with Gasteiger partial charge in [0.05, 0.1) is 0 Å². The molecule has 1 N–H and O–H groups in total. The molecule has 0 bridgehead atoms. The monoisotopic (exact) mass is 206 g/mol. The molecule has 0 atom stereocenters. The molecule has 0 saturated heterocycles. The van der Waals surface area contributed by atoms with Gasteiger partial charge in [0.15, 0.2) is 5.43 Å². The molecule has 1 heterocycles. The Labute approximate surface area is 90.1 Å². The van der Waals surface area contributed by atoms with Crippen LogP contribution < -0.4 is 10.7 Å². The van der Waals surface area contributed by atoms with Gasteiger partial charge in [-0.1, -0.05) is 12.8 Å². The maximum Gasteiger partial charge on any atom is 0.181 e. The fourth-order valence-electron chi connectivity index (χ4n) is 2.12. The molecule has 1 aliphatic carbocycles. The molecule has 0 aliphatic heterocycles. The van der Waals surface area contributed by atoms with E-state index in [1.807, 2.05) is 17.0 Å². The number of rotatable bonds is 4. The second-order valence-electron chi connectivity index (χ2n) is 4.21. The minimum absolute atomic E-state index is 0.0787. The number of nitrogens with one attached hydrogen (secondary N) is 1. The van der Waals surface area contributed by atoms with E-state index in [9.17, 15) is 4.79 Å². The van der Waals surface area contributed by atoms with Gasteiger partial charge in [0.2, 0.25) is 0 Å². The SMILES string of the molecule is O=c1ccn(CCNC2CCCC2)cc1. The van der Waals surface area contributed by atoms with Crippen molar-refractivity contribution < 1.29 is 0 Å². The molecule has 0 radical (unpaired) electrons. The van der Waals surface area contributed by atoms with Crippen molar-refractivity contribution in [2.75, 3.05) is 6.54 Å². The highest BCUT2D eigenvalue weighted by Gasteiger charge is 2.12. The van der Waals surface area contributed by atoms with Crippen LogP contribution in [0.25, 0.3) is 0 Å². The molecular formula is C12H18N2O. The molecule has 1 saturated carbocycles. The largest absolute Gasteiger partial charge is 0.353 e. The lowest BCUT2D eigenvalue weighted by molar-refractivity contribution is 0.496. The van der Waals surface area contributed by atoms with Crippen LogP contribution in [0.5, 0.6) is 0 Å². The van der Waals surface area contributed by atoms with Crippen LogP contribution in [0.15, 0.2) is 29.3 Å². The summed E-state index contributed by atoms with van der Waals surface area (Å²) in [5, 5.41) is 3.55. The van der Waals surface area contributed by atoms with Gasteiger partial charge >= 0.3 is 0 Å². The Morgan fingerprint density at radius 3 is 2.60 bits per heavy atom. The average Bonchev–Trinajstić information content (AvgIpc) is 2.74. The van der Waals surface area contributed by atoms with Crippen LogP contribution in [0.2, 0.25) is 0 Å². The van der Waals surface area contributed by atoms with Crippen molar-refractivity contribution in [3.8, 4) is 0 Å². The Hall–Kier alpha value is -1.09. The summed E-state index contributed by atoms with van der Waals surface area (Å²) >= 11 is 0. The number of hydrogen-bond acceptors (Lipinski definition) is 2. The van der Waals surface area contributed by atoms with E-state index >= 15 is 0 Å². The summed E-state index contributed by atoms with van der Waals surface area (Å²) in [4.78, 5) is 10.9. The summed E-state index contributed by atoms with van der Waals surface area (Å²) in [6.07, 6.45) is 9.08. The topological polar surface area (TPSA) is 34.0 Å². The molecule has 1 fully saturated rings. The predicted molar refractivity (Wildman–Crippen MR) is 61.0 cm³/mol. The van der Waals surface area contributed by atoms with Crippen molar-refractivity contribution in [1.82, 2.24) is 9.88 Å². The predicted octanol–water partition coefficient (Wildman–Crippen LogP) is 1.38. The van der Waals surface area contributed by atoms with E-state index in [2.05, 4.69) is 5.32 Å². The lowest BCUT2D eigenvalue weighted by atomic mass is 10.2. The minimum Gasteiger partial charge on any atom is -0.353 e. The van der Waals surface area contributed by atoms with Crippen LogP contribution in [0.1, 0.15) is 25.7 Å². The van der Waals surface area contributed by atoms with Crippen molar-refractivity contribution >= 4 is 0 Å². The van der Waals surface area contributed by atoms with Crippen LogP contribution in [0.3, 0.4) is 0 Å². The fourth-order valence-corrected chi connectivity index (χ4v) is 2.12. The average molecular weight is 206 g/mol. The highest BCUT2D eigenvalue weighted by Crippen LogP contribution is 2.17. The van der Waals surface area contributed by atoms with Crippen molar-refractivity contribution in [2.45, 2.75) is 38.3 Å². The summed E-state index contributed by atoms with van der Waals surface area (Å²) in [6.45, 7) is 1.93. The van der Waals surface area contributed by atoms with E-state index in [0.29, 0.717) is 0 Å². The summed E-state index contributed by atoms with van der Waals surface area (Å²) < 4.78 is 2.04. The van der Waals surface area contributed by atoms with Gasteiger partial charge in [-0.2, -0.15) is 0 Å². The molecule has 3 nitrogen and oxygen atoms in total. The van der Waals surface area contributed by atoms with Gasteiger partial charge in [-0.25, -0.2) is 0 Å². The second kappa shape index (κ2) is 5.12. The molecule has 0 aromatic carbocycles. The first-order chi connectivity index (χ1) is 7.34. The molecule has 0 amide bonds. The van der Waals surface area contributed by atoms with Crippen LogP contribution in [0, 0.1) is 0 Å². The third-order valence-corrected chi connectivity index (χ3v) is 3.02. The maximum atomic E-state index is 10.9. The van der Waals surface area contributed by atoms with E-state index in [1.54, 1.807) is 12.1 Å². The molecule has 1 aromatic rings. The van der Waals surface area contributed by atoms with E-state index in [4.69, 9.17) is 0 Å². The maximum absolute atomic E-state index is 10.9. The Morgan fingerprint density at radius 2 is 1.93 bits per heavy atom. The van der Waals surface area contributed by atoms with Crippen molar-refractivity contribution in [3.63, 3.8) is 0 Å². The third kappa shape index (κ3) is 3.20. The van der Waals surface area contributed by atoms with Crippen LogP contribution in [-0.4, -0.2) is 17.2 Å². The zero-order chi connectivity index (χ0) is 10.5. The fraction of sp³-hybridized carbons (Fsp3) is 0.583. The molecule has 1 aromatic heterocycles. The highest BCUT2D eigenvalue weighted by molar-refractivity contribution is 4.93. The lowest BCUT2D eigenvalue weighted by Crippen LogP contribution is -2.29. The molecule has 0 spiro atoms. The number of pyridine rings is 1. The van der Waals surface area contributed by atoms with Crippen molar-refractivity contribution in [3.05, 3.63) is 34.7 Å². The molecule has 3 heteroatoms. The molecule has 15 heavy (non-hydrogen) atoms. The highest BCUT2D eigenvalue weighted by atomic mass is 16.1. The van der Waals surface area contributed by atoms with E-state index < -0.39 is 0 Å². The standard InChI is InChI=1S/C12H18N2O/c15-12-5-8-14(9-6-12)10-7-13-11-3-1-2-4-11/h5-6,8-9,11,13H,1-4,7,10H2. The molecular weight excluding hydrogens is 188 g/mol. The molecule has 0 unspecified atom stereocenters. The Bertz CT molecular complexity index is 332. The first kappa shape index (κ1) is 10.4. The van der Waals surface area contributed by atoms with Gasteiger partial charge in [0.1, 0.15) is 0 Å². The summed E-state index contributed by atoms with van der Waals surface area (Å²) in [6, 6.07) is 3.94. The van der Waals surface area contributed by atoms with Crippen LogP contribution >= 0.6 is 0 Å². The van der Waals surface area contributed by atoms with Gasteiger partial charge in [-0.3, -0.25) is 4.79 Å². The smallest absolute Gasteiger partial charge is 0.181 e. The van der Waals surface area contributed by atoms with E-state index in [0.717, 1.165) is 19.1 Å². The second-order valence-corrected chi connectivity index (χ2v) is 4.21. The Morgan fingerprint density at radius 1 is 1.27 bits per heavy atom. The van der Waals surface area contributed by atoms with Gasteiger partial charge in [-0.05, 0) is 12.8 Å². The Balaban J connectivity index is 1.73. The number of aromatic nitrogens is 1. The minimum atomic E-state index is 0.0787. The van der Waals surface area contributed by atoms with Gasteiger partial charge in [-0.15, -0.1) is 0 Å². The van der Waals surface area contributed by atoms with E-state index in [-0.39, 0.29) is 5.43 Å². The molecule has 2 rings (SSSR count). The van der Waals surface area contributed by atoms with Gasteiger partial charge in [0.25, 0.3) is 0 Å². The third-order valence-electron chi connectivity index (χ3n) is 3.02. The Kier molecular flexibility index (Phi) is 3.56. The zero-order valence-electron chi connectivity index (χ0n) is 8.98. The summed E-state index contributed by atoms with van der Waals surface area (Å²) in [7, 11) is 0. The van der Waals surface area contributed by atoms with Crippen molar-refractivity contribution in [1.29, 1.82) is 0 Å². The van der Waals surface area contributed by atoms with Crippen LogP contribution in [0.4, 0.5) is 0 Å². The first-order valence-corrected chi connectivity index (χ1v) is 5.74. The number of hydrogen-bond donors (Lipinski definition) is 1. The van der Waals surface area contributed by atoms with Crippen molar-refractivity contribution in [2.24, 2.45) is 0 Å². The normalized spacial score (nSPS) is 17.1. The summed E-state index contributed by atoms with van der Waals surface area (Å²) in [5.41, 5.74) is 0.0787. The molecule has 82 valence electrons. The molecule has 1 aliphatic rings. The van der Waals surface area contributed by atoms with Crippen LogP contribution in [-0.2, 0) is 6.54 Å². The van der Waals surface area contributed by atoms with Gasteiger partial charge in [0, 0.05) is 43.7 Å².